The summed E-state index contributed by atoms with van der Waals surface area (Å²) in [6.45, 7) is 3.20. The van der Waals surface area contributed by atoms with Crippen molar-refractivity contribution >= 4 is 114 Å². The van der Waals surface area contributed by atoms with E-state index < -0.39 is 28.8 Å². The highest BCUT2D eigenvalue weighted by Crippen LogP contribution is 2.58. The molecule has 0 bridgehead atoms. The van der Waals surface area contributed by atoms with Gasteiger partial charge in [-0.05, 0) is 94.1 Å². The first-order chi connectivity index (χ1) is 20.2. The van der Waals surface area contributed by atoms with E-state index in [1.165, 1.54) is 14.2 Å². The van der Waals surface area contributed by atoms with Crippen molar-refractivity contribution in [2.24, 2.45) is 5.73 Å². The summed E-state index contributed by atoms with van der Waals surface area (Å²) in [7, 11) is 2.62. The Morgan fingerprint density at radius 1 is 0.727 bits per heavy atom. The van der Waals surface area contributed by atoms with E-state index >= 15 is 0 Å². The van der Waals surface area contributed by atoms with Crippen molar-refractivity contribution in [3.05, 3.63) is 84.9 Å². The Bertz CT molecular complexity index is 1630. The van der Waals surface area contributed by atoms with Gasteiger partial charge in [0.2, 0.25) is 0 Å². The molecule has 0 aliphatic rings. The average Bonchev–Trinajstić information content (AvgIpc) is 2.96. The monoisotopic (exact) mass is 758 g/mol. The fourth-order valence-electron chi connectivity index (χ4n) is 3.46. The third-order valence-electron chi connectivity index (χ3n) is 5.40. The number of hydrogen-bond acceptors (Lipinski definition) is 9. The summed E-state index contributed by atoms with van der Waals surface area (Å²) in [5.74, 6) is -2.47. The van der Waals surface area contributed by atoms with E-state index in [2.05, 4.69) is 14.6 Å². The standard InChI is InChI=1S/C14H15ClNO3PS.C10H7Cl2OPS.C4H9NO2.ClH/c1-10(14(17)18-2)16-20(15,21)19-13-9-5-7-11-6-3-4-8-12(11)13;11-14(12,15)13-10-7-3-5-8-4-1-2-6-9(8)10;1-3(5)4(6)7-2;/h3-10H,1-2H3,(H,16,21);1-7H;3H,5H2,1-2H3;1H/t10-,20?;;3-;/m0.0./s1. The molecule has 0 saturated carbocycles. The van der Waals surface area contributed by atoms with Gasteiger partial charge in [0, 0.05) is 10.8 Å². The number of benzene rings is 4. The lowest BCUT2D eigenvalue weighted by atomic mass is 10.1. The Hall–Kier alpha value is -1.68. The number of carbonyl (C=O) groups is 2. The second-order valence-electron chi connectivity index (χ2n) is 8.72. The zero-order valence-corrected chi connectivity index (χ0v) is 30.5. The Labute approximate surface area is 287 Å². The zero-order chi connectivity index (χ0) is 32.2. The van der Waals surface area contributed by atoms with Crippen LogP contribution in [0, 0.1) is 0 Å². The Morgan fingerprint density at radius 2 is 1.14 bits per heavy atom. The van der Waals surface area contributed by atoms with Crippen LogP contribution < -0.4 is 19.9 Å². The predicted molar refractivity (Wildman–Crippen MR) is 193 cm³/mol. The summed E-state index contributed by atoms with van der Waals surface area (Å²) in [5.41, 5.74) is 5.07. The second-order valence-corrected chi connectivity index (χ2v) is 20.8. The number of rotatable bonds is 8. The smallest absolute Gasteiger partial charge is 0.323 e. The van der Waals surface area contributed by atoms with Gasteiger partial charge in [0.25, 0.3) is 10.7 Å². The summed E-state index contributed by atoms with van der Waals surface area (Å²) < 4.78 is 20.0. The third kappa shape index (κ3) is 13.8. The van der Waals surface area contributed by atoms with Crippen LogP contribution in [0.4, 0.5) is 0 Å². The van der Waals surface area contributed by atoms with Crippen LogP contribution in [0.3, 0.4) is 0 Å². The van der Waals surface area contributed by atoms with Crippen LogP contribution in [0.25, 0.3) is 21.5 Å². The first kappa shape index (κ1) is 40.3. The van der Waals surface area contributed by atoms with Crippen LogP contribution in [0.15, 0.2) is 84.9 Å². The summed E-state index contributed by atoms with van der Waals surface area (Å²) in [5, 5.41) is 6.81. The minimum Gasteiger partial charge on any atom is -0.468 e. The predicted octanol–water partition coefficient (Wildman–Crippen LogP) is 8.68. The molecular weight excluding hydrogens is 728 g/mol. The van der Waals surface area contributed by atoms with Crippen LogP contribution in [0.2, 0.25) is 0 Å². The Morgan fingerprint density at radius 3 is 1.52 bits per heavy atom. The highest BCUT2D eigenvalue weighted by atomic mass is 35.9. The van der Waals surface area contributed by atoms with E-state index in [-0.39, 0.29) is 18.4 Å². The van der Waals surface area contributed by atoms with E-state index in [0.29, 0.717) is 11.5 Å². The number of methoxy groups -OCH3 is 2. The fraction of sp³-hybridized carbons (Fsp3) is 0.214. The minimum absolute atomic E-state index is 0. The highest BCUT2D eigenvalue weighted by molar-refractivity contribution is 8.36. The molecule has 4 aromatic rings. The largest absolute Gasteiger partial charge is 0.468 e. The zero-order valence-electron chi connectivity index (χ0n) is 24.0. The van der Waals surface area contributed by atoms with Crippen LogP contribution in [-0.4, -0.2) is 38.2 Å². The molecule has 3 atom stereocenters. The number of halogens is 4. The molecule has 44 heavy (non-hydrogen) atoms. The van der Waals surface area contributed by atoms with Gasteiger partial charge in [-0.3, -0.25) is 9.59 Å². The van der Waals surface area contributed by atoms with E-state index in [1.54, 1.807) is 19.9 Å². The van der Waals surface area contributed by atoms with Gasteiger partial charge in [-0.1, -0.05) is 72.8 Å². The van der Waals surface area contributed by atoms with Crippen molar-refractivity contribution in [1.82, 2.24) is 5.09 Å². The number of esters is 2. The van der Waals surface area contributed by atoms with Crippen molar-refractivity contribution in [3.8, 4) is 11.5 Å². The van der Waals surface area contributed by atoms with Gasteiger partial charge in [0.05, 0.1) is 14.2 Å². The quantitative estimate of drug-likeness (QED) is 0.134. The fourth-order valence-corrected chi connectivity index (χ4v) is 6.95. The molecule has 8 nitrogen and oxygen atoms in total. The molecule has 0 radical (unpaired) electrons. The van der Waals surface area contributed by atoms with Crippen molar-refractivity contribution < 1.29 is 28.1 Å². The van der Waals surface area contributed by atoms with Gasteiger partial charge in [0.1, 0.15) is 23.6 Å². The molecule has 0 fully saturated rings. The lowest BCUT2D eigenvalue weighted by molar-refractivity contribution is -0.142. The van der Waals surface area contributed by atoms with E-state index in [0.717, 1.165) is 21.5 Å². The van der Waals surface area contributed by atoms with Gasteiger partial charge in [-0.15, -0.1) is 12.4 Å². The van der Waals surface area contributed by atoms with Crippen molar-refractivity contribution in [3.63, 3.8) is 0 Å². The maximum Gasteiger partial charge on any atom is 0.323 e. The highest BCUT2D eigenvalue weighted by Gasteiger charge is 2.24. The maximum atomic E-state index is 11.4. The number of hydrogen-bond donors (Lipinski definition) is 2. The number of ether oxygens (including phenoxy) is 2. The molecule has 3 N–H and O–H groups in total. The summed E-state index contributed by atoms with van der Waals surface area (Å²) in [6.07, 6.45) is 0. The van der Waals surface area contributed by atoms with Crippen LogP contribution in [-0.2, 0) is 42.7 Å². The molecule has 0 amide bonds. The van der Waals surface area contributed by atoms with Gasteiger partial charge >= 0.3 is 11.9 Å². The molecule has 16 heteroatoms. The number of nitrogens with one attached hydrogen (secondary N) is 1. The molecule has 0 aliphatic heterocycles. The van der Waals surface area contributed by atoms with Crippen LogP contribution >= 0.6 is 56.9 Å². The molecular formula is C28H32Cl4N2O6P2S2. The van der Waals surface area contributed by atoms with E-state index in [9.17, 15) is 9.59 Å². The minimum atomic E-state index is -2.89. The van der Waals surface area contributed by atoms with E-state index in [4.69, 9.17) is 72.1 Å². The van der Waals surface area contributed by atoms with Crippen molar-refractivity contribution in [2.45, 2.75) is 25.9 Å². The van der Waals surface area contributed by atoms with Gasteiger partial charge < -0.3 is 24.3 Å². The molecule has 0 aromatic heterocycles. The van der Waals surface area contributed by atoms with Crippen LogP contribution in [0.5, 0.6) is 11.5 Å². The van der Waals surface area contributed by atoms with Gasteiger partial charge in [-0.25, -0.2) is 5.09 Å². The second kappa shape index (κ2) is 19.1. The van der Waals surface area contributed by atoms with Gasteiger partial charge in [0.15, 0.2) is 0 Å². The Balaban J connectivity index is 0.000000367. The topological polar surface area (TPSA) is 109 Å². The van der Waals surface area contributed by atoms with Crippen molar-refractivity contribution in [1.29, 1.82) is 0 Å². The number of nitrogens with two attached hydrogens (primary N) is 1. The molecule has 4 rings (SSSR count). The third-order valence-corrected chi connectivity index (χ3v) is 8.61. The van der Waals surface area contributed by atoms with Gasteiger partial charge in [-0.2, -0.15) is 0 Å². The lowest BCUT2D eigenvalue weighted by Crippen LogP contribution is -2.32. The molecule has 240 valence electrons. The molecule has 0 heterocycles. The molecule has 4 aromatic carbocycles. The first-order valence-corrected chi connectivity index (χ1v) is 20.7. The maximum absolute atomic E-state index is 11.4. The molecule has 1 unspecified atom stereocenters. The summed E-state index contributed by atoms with van der Waals surface area (Å²) in [6, 6.07) is 25.8. The normalized spacial score (nSPS) is 13.3. The number of carbonyl (C=O) groups excluding carboxylic acids is 2. The SMILES string of the molecule is COC(=O)[C@H](C)N.COC(=O)[C@H](C)NP(=S)(Cl)Oc1cccc2ccccc12.Cl.S=P(Cl)(Cl)Oc1cccc2ccccc12. The van der Waals surface area contributed by atoms with Crippen molar-refractivity contribution in [2.75, 3.05) is 14.2 Å². The molecule has 0 spiro atoms. The number of fused-ring (bicyclic) bond motifs is 2. The molecule has 0 saturated heterocycles. The Kier molecular flexibility index (Phi) is 17.5. The molecule has 0 aliphatic carbocycles. The van der Waals surface area contributed by atoms with Crippen LogP contribution in [0.1, 0.15) is 13.8 Å². The summed E-state index contributed by atoms with van der Waals surface area (Å²) in [4.78, 5) is 18.9. The average molecular weight is 760 g/mol. The first-order valence-electron chi connectivity index (χ1n) is 12.5. The van der Waals surface area contributed by atoms with E-state index in [1.807, 2.05) is 78.9 Å². The lowest BCUT2D eigenvalue weighted by Gasteiger charge is -2.21. The summed E-state index contributed by atoms with van der Waals surface area (Å²) >= 11 is 27.8.